The van der Waals surface area contributed by atoms with Crippen molar-refractivity contribution in [1.82, 2.24) is 5.32 Å². The monoisotopic (exact) mass is 507 g/mol. The second-order valence-corrected chi connectivity index (χ2v) is 9.55. The quantitative estimate of drug-likeness (QED) is 0.341. The molecule has 0 spiro atoms. The maximum absolute atomic E-state index is 13.5. The molecule has 3 aromatic rings. The summed E-state index contributed by atoms with van der Waals surface area (Å²) >= 11 is 13.5. The van der Waals surface area contributed by atoms with Crippen LogP contribution in [0.15, 0.2) is 89.5 Å². The molecule has 1 aliphatic rings. The van der Waals surface area contributed by atoms with Crippen LogP contribution >= 0.6 is 35.0 Å². The second-order valence-electron chi connectivity index (χ2n) is 7.51. The van der Waals surface area contributed by atoms with Crippen LogP contribution in [-0.2, 0) is 22.6 Å². The summed E-state index contributed by atoms with van der Waals surface area (Å²) < 4.78 is 0. The molecule has 1 unspecified atom stereocenters. The van der Waals surface area contributed by atoms with E-state index in [-0.39, 0.29) is 23.1 Å². The summed E-state index contributed by atoms with van der Waals surface area (Å²) in [5.74, 6) is -0.773. The summed E-state index contributed by atoms with van der Waals surface area (Å²) in [5.41, 5.74) is 2.13. The van der Waals surface area contributed by atoms with Crippen LogP contribution in [-0.4, -0.2) is 17.1 Å². The van der Waals surface area contributed by atoms with Crippen molar-refractivity contribution in [1.29, 1.82) is 5.26 Å². The number of nitrogens with zero attached hydrogens (tertiary/aromatic N) is 2. The van der Waals surface area contributed by atoms with E-state index in [2.05, 4.69) is 5.32 Å². The number of hydrogen-bond acceptors (Lipinski definition) is 4. The van der Waals surface area contributed by atoms with Gasteiger partial charge in [-0.3, -0.25) is 14.5 Å². The van der Waals surface area contributed by atoms with Crippen molar-refractivity contribution >= 4 is 52.5 Å². The van der Waals surface area contributed by atoms with Crippen LogP contribution < -0.4 is 10.2 Å². The Labute approximate surface area is 212 Å². The second kappa shape index (κ2) is 10.8. The summed E-state index contributed by atoms with van der Waals surface area (Å²) in [7, 11) is 0. The van der Waals surface area contributed by atoms with Crippen molar-refractivity contribution in [2.24, 2.45) is 0 Å². The number of nitriles is 1. The van der Waals surface area contributed by atoms with Crippen LogP contribution in [0.1, 0.15) is 11.1 Å². The van der Waals surface area contributed by atoms with E-state index in [4.69, 9.17) is 23.2 Å². The van der Waals surface area contributed by atoms with Crippen LogP contribution in [0.25, 0.3) is 0 Å². The van der Waals surface area contributed by atoms with Gasteiger partial charge in [-0.25, -0.2) is 0 Å². The summed E-state index contributed by atoms with van der Waals surface area (Å²) in [4.78, 5) is 27.9. The average molecular weight is 508 g/mol. The maximum Gasteiger partial charge on any atom is 0.264 e. The fraction of sp³-hybridized carbons (Fsp3) is 0.115. The smallest absolute Gasteiger partial charge is 0.264 e. The zero-order chi connectivity index (χ0) is 24.1. The molecule has 0 bridgehead atoms. The molecule has 1 atom stereocenters. The fourth-order valence-electron chi connectivity index (χ4n) is 3.54. The molecule has 8 heteroatoms. The number of carbonyl (C=O) groups excluding carboxylic acids is 2. The minimum atomic E-state index is -0.546. The Balaban J connectivity index is 1.68. The van der Waals surface area contributed by atoms with Gasteiger partial charge in [-0.15, -0.1) is 0 Å². The van der Waals surface area contributed by atoms with Gasteiger partial charge in [0, 0.05) is 22.3 Å². The molecule has 1 saturated heterocycles. The summed E-state index contributed by atoms with van der Waals surface area (Å²) in [6.45, 7) is 0.265. The molecule has 1 fully saturated rings. The lowest BCUT2D eigenvalue weighted by atomic mass is 10.1. The normalized spacial score (nSPS) is 16.8. The van der Waals surface area contributed by atoms with Gasteiger partial charge in [0.05, 0.1) is 5.25 Å². The highest BCUT2D eigenvalue weighted by atomic mass is 35.5. The Bertz CT molecular complexity index is 1290. The SMILES string of the molecule is N#C/C(C(=O)NCc1ccccc1)=C1/SC(Cc2ccccc2Cl)C(=O)N1c1ccc(Cl)cc1. The van der Waals surface area contributed by atoms with Crippen molar-refractivity contribution < 1.29 is 9.59 Å². The van der Waals surface area contributed by atoms with E-state index < -0.39 is 11.2 Å². The lowest BCUT2D eigenvalue weighted by Crippen LogP contribution is -2.32. The first kappa shape index (κ1) is 23.9. The van der Waals surface area contributed by atoms with Crippen LogP contribution in [0.5, 0.6) is 0 Å². The van der Waals surface area contributed by atoms with E-state index in [1.807, 2.05) is 54.6 Å². The van der Waals surface area contributed by atoms with Crippen molar-refractivity contribution in [3.05, 3.63) is 111 Å². The minimum Gasteiger partial charge on any atom is -0.347 e. The number of carbonyl (C=O) groups is 2. The molecule has 2 amide bonds. The van der Waals surface area contributed by atoms with Gasteiger partial charge in [-0.1, -0.05) is 83.5 Å². The lowest BCUT2D eigenvalue weighted by Gasteiger charge is -2.19. The van der Waals surface area contributed by atoms with E-state index in [0.717, 1.165) is 11.1 Å². The van der Waals surface area contributed by atoms with Crippen LogP contribution in [0, 0.1) is 11.3 Å². The van der Waals surface area contributed by atoms with E-state index >= 15 is 0 Å². The van der Waals surface area contributed by atoms with Crippen molar-refractivity contribution in [2.75, 3.05) is 4.90 Å². The number of hydrogen-bond donors (Lipinski definition) is 1. The third kappa shape index (κ3) is 5.28. The highest BCUT2D eigenvalue weighted by Crippen LogP contribution is 2.42. The topological polar surface area (TPSA) is 73.2 Å². The van der Waals surface area contributed by atoms with Gasteiger partial charge in [0.2, 0.25) is 5.91 Å². The van der Waals surface area contributed by atoms with Crippen molar-refractivity contribution in [3.8, 4) is 6.07 Å². The number of thioether (sulfide) groups is 1. The summed E-state index contributed by atoms with van der Waals surface area (Å²) in [6, 6.07) is 25.4. The van der Waals surface area contributed by atoms with Crippen molar-refractivity contribution in [2.45, 2.75) is 18.2 Å². The molecule has 0 radical (unpaired) electrons. The van der Waals surface area contributed by atoms with E-state index in [9.17, 15) is 14.9 Å². The summed E-state index contributed by atoms with van der Waals surface area (Å²) in [5, 5.41) is 13.5. The Morgan fingerprint density at radius 1 is 1.00 bits per heavy atom. The van der Waals surface area contributed by atoms with Crippen molar-refractivity contribution in [3.63, 3.8) is 0 Å². The van der Waals surface area contributed by atoms with Gasteiger partial charge in [0.25, 0.3) is 5.91 Å². The highest BCUT2D eigenvalue weighted by molar-refractivity contribution is 8.05. The van der Waals surface area contributed by atoms with Gasteiger partial charge in [-0.05, 0) is 47.9 Å². The van der Waals surface area contributed by atoms with Gasteiger partial charge >= 0.3 is 0 Å². The third-order valence-corrected chi connectivity index (χ3v) is 7.13. The Morgan fingerprint density at radius 3 is 2.35 bits per heavy atom. The molecular formula is C26H19Cl2N3O2S. The zero-order valence-corrected chi connectivity index (χ0v) is 20.2. The molecule has 1 aliphatic heterocycles. The van der Waals surface area contributed by atoms with E-state index in [1.165, 1.54) is 16.7 Å². The largest absolute Gasteiger partial charge is 0.347 e. The number of amides is 2. The number of benzene rings is 3. The molecular weight excluding hydrogens is 489 g/mol. The fourth-order valence-corrected chi connectivity index (χ4v) is 5.18. The molecule has 5 nitrogen and oxygen atoms in total. The standard InChI is InChI=1S/C26H19Cl2N3O2S/c27-19-10-12-20(13-11-19)31-25(33)23(14-18-8-4-5-9-22(18)28)34-26(31)21(15-29)24(32)30-16-17-6-2-1-3-7-17/h1-13,23H,14,16H2,(H,30,32)/b26-21-. The minimum absolute atomic E-state index is 0.120. The van der Waals surface area contributed by atoms with Crippen LogP contribution in [0.4, 0.5) is 5.69 Å². The van der Waals surface area contributed by atoms with Gasteiger partial charge in [0.15, 0.2) is 0 Å². The molecule has 0 aliphatic carbocycles. The Morgan fingerprint density at radius 2 is 1.68 bits per heavy atom. The van der Waals surface area contributed by atoms with Gasteiger partial charge in [0.1, 0.15) is 16.7 Å². The predicted octanol–water partition coefficient (Wildman–Crippen LogP) is 5.74. The first-order valence-corrected chi connectivity index (χ1v) is 12.1. The first-order valence-electron chi connectivity index (χ1n) is 10.4. The lowest BCUT2D eigenvalue weighted by molar-refractivity contribution is -0.117. The summed E-state index contributed by atoms with van der Waals surface area (Å²) in [6.07, 6.45) is 0.362. The molecule has 34 heavy (non-hydrogen) atoms. The van der Waals surface area contributed by atoms with Gasteiger partial charge < -0.3 is 5.32 Å². The third-order valence-electron chi connectivity index (χ3n) is 5.25. The zero-order valence-electron chi connectivity index (χ0n) is 17.9. The number of anilines is 1. The molecule has 170 valence electrons. The number of nitrogens with one attached hydrogen (secondary N) is 1. The average Bonchev–Trinajstić information content (AvgIpc) is 3.16. The molecule has 0 aromatic heterocycles. The highest BCUT2D eigenvalue weighted by Gasteiger charge is 2.41. The molecule has 0 saturated carbocycles. The van der Waals surface area contributed by atoms with Crippen LogP contribution in [0.2, 0.25) is 10.0 Å². The molecule has 1 N–H and O–H groups in total. The predicted molar refractivity (Wildman–Crippen MR) is 136 cm³/mol. The van der Waals surface area contributed by atoms with Crippen LogP contribution in [0.3, 0.4) is 0 Å². The molecule has 4 rings (SSSR count). The maximum atomic E-state index is 13.5. The van der Waals surface area contributed by atoms with E-state index in [0.29, 0.717) is 22.2 Å². The number of rotatable bonds is 6. The Kier molecular flexibility index (Phi) is 7.59. The van der Waals surface area contributed by atoms with E-state index in [1.54, 1.807) is 30.3 Å². The first-order chi connectivity index (χ1) is 16.5. The number of halogens is 2. The Hall–Kier alpha value is -3.24. The molecule has 1 heterocycles. The molecule has 3 aromatic carbocycles. The van der Waals surface area contributed by atoms with Gasteiger partial charge in [-0.2, -0.15) is 5.26 Å².